The lowest BCUT2D eigenvalue weighted by Crippen LogP contribution is -2.11. The molecule has 1 unspecified atom stereocenters. The fourth-order valence-corrected chi connectivity index (χ4v) is 1.36. The van der Waals surface area contributed by atoms with E-state index in [2.05, 4.69) is 0 Å². The molecule has 0 bridgehead atoms. The van der Waals surface area contributed by atoms with Crippen LogP contribution in [0.4, 0.5) is 0 Å². The first-order valence-corrected chi connectivity index (χ1v) is 4.46. The molecule has 0 aliphatic rings. The Labute approximate surface area is 86.1 Å². The molecule has 0 aliphatic heterocycles. The van der Waals surface area contributed by atoms with Crippen molar-refractivity contribution in [1.82, 2.24) is 0 Å². The zero-order chi connectivity index (χ0) is 9.84. The fourth-order valence-electron chi connectivity index (χ4n) is 0.973. The summed E-state index contributed by atoms with van der Waals surface area (Å²) in [5.74, 6) is 0. The van der Waals surface area contributed by atoms with Crippen molar-refractivity contribution in [2.45, 2.75) is 12.5 Å². The van der Waals surface area contributed by atoms with Crippen molar-refractivity contribution >= 4 is 29.5 Å². The maximum Gasteiger partial charge on any atom is 0.148 e. The van der Waals surface area contributed by atoms with E-state index < -0.39 is 6.10 Å². The van der Waals surface area contributed by atoms with E-state index in [1.807, 2.05) is 0 Å². The normalized spacial score (nSPS) is 12.5. The van der Waals surface area contributed by atoms with Gasteiger partial charge in [-0.25, -0.2) is 0 Å². The van der Waals surface area contributed by atoms with Gasteiger partial charge in [0.05, 0.1) is 0 Å². The first-order valence-electron chi connectivity index (χ1n) is 3.71. The van der Waals surface area contributed by atoms with Gasteiger partial charge in [-0.3, -0.25) is 0 Å². The highest BCUT2D eigenvalue weighted by Crippen LogP contribution is 2.21. The third kappa shape index (κ3) is 2.99. The molecule has 1 N–H and O–H groups in total. The molecule has 0 amide bonds. The topological polar surface area (TPSA) is 37.3 Å². The Hall–Kier alpha value is -0.570. The molecule has 0 spiro atoms. The lowest BCUT2D eigenvalue weighted by molar-refractivity contribution is -0.114. The molecule has 70 valence electrons. The van der Waals surface area contributed by atoms with E-state index in [0.29, 0.717) is 21.9 Å². The van der Waals surface area contributed by atoms with Crippen LogP contribution in [0, 0.1) is 0 Å². The summed E-state index contributed by atoms with van der Waals surface area (Å²) in [6.45, 7) is 0. The van der Waals surface area contributed by atoms with Crippen LogP contribution in [0.15, 0.2) is 18.2 Å². The van der Waals surface area contributed by atoms with Gasteiger partial charge in [0.15, 0.2) is 0 Å². The SMILES string of the molecule is O=CC(O)Cc1cc(Cl)ccc1Cl. The van der Waals surface area contributed by atoms with Gasteiger partial charge in [0.1, 0.15) is 12.4 Å². The number of aldehydes is 1. The molecule has 0 saturated carbocycles. The first-order chi connectivity index (χ1) is 6.13. The Kier molecular flexibility index (Phi) is 3.72. The van der Waals surface area contributed by atoms with Crippen LogP contribution in [0.3, 0.4) is 0 Å². The van der Waals surface area contributed by atoms with Crippen LogP contribution in [0.2, 0.25) is 10.0 Å². The molecule has 4 heteroatoms. The molecular weight excluding hydrogens is 211 g/mol. The average molecular weight is 219 g/mol. The maximum atomic E-state index is 10.2. The molecular formula is C9H8Cl2O2. The number of rotatable bonds is 3. The van der Waals surface area contributed by atoms with Crippen LogP contribution in [0.1, 0.15) is 5.56 Å². The minimum absolute atomic E-state index is 0.197. The van der Waals surface area contributed by atoms with Crippen LogP contribution in [0.25, 0.3) is 0 Å². The molecule has 1 atom stereocenters. The second kappa shape index (κ2) is 4.61. The number of carbonyl (C=O) groups is 1. The number of hydrogen-bond donors (Lipinski definition) is 1. The van der Waals surface area contributed by atoms with Crippen molar-refractivity contribution in [1.29, 1.82) is 0 Å². The van der Waals surface area contributed by atoms with E-state index >= 15 is 0 Å². The fraction of sp³-hybridized carbons (Fsp3) is 0.222. The minimum Gasteiger partial charge on any atom is -0.385 e. The molecule has 1 aromatic rings. The summed E-state index contributed by atoms with van der Waals surface area (Å²) in [7, 11) is 0. The van der Waals surface area contributed by atoms with E-state index in [1.165, 1.54) is 0 Å². The van der Waals surface area contributed by atoms with Crippen molar-refractivity contribution in [3.8, 4) is 0 Å². The zero-order valence-corrected chi connectivity index (χ0v) is 8.22. The van der Waals surface area contributed by atoms with Crippen LogP contribution >= 0.6 is 23.2 Å². The summed E-state index contributed by atoms with van der Waals surface area (Å²) >= 11 is 11.5. The average Bonchev–Trinajstić information content (AvgIpc) is 2.11. The molecule has 1 rings (SSSR count). The van der Waals surface area contributed by atoms with E-state index in [9.17, 15) is 4.79 Å². The van der Waals surface area contributed by atoms with Crippen molar-refractivity contribution in [3.05, 3.63) is 33.8 Å². The molecule has 0 radical (unpaired) electrons. The lowest BCUT2D eigenvalue weighted by atomic mass is 10.1. The van der Waals surface area contributed by atoms with Crippen LogP contribution in [-0.2, 0) is 11.2 Å². The van der Waals surface area contributed by atoms with Crippen LogP contribution < -0.4 is 0 Å². The Morgan fingerprint density at radius 1 is 1.46 bits per heavy atom. The number of aliphatic hydroxyl groups excluding tert-OH is 1. The molecule has 0 heterocycles. The summed E-state index contributed by atoms with van der Waals surface area (Å²) in [6.07, 6.45) is -0.351. The molecule has 2 nitrogen and oxygen atoms in total. The van der Waals surface area contributed by atoms with E-state index in [1.54, 1.807) is 18.2 Å². The van der Waals surface area contributed by atoms with Gasteiger partial charge in [0.2, 0.25) is 0 Å². The Morgan fingerprint density at radius 2 is 2.15 bits per heavy atom. The van der Waals surface area contributed by atoms with Gasteiger partial charge in [0.25, 0.3) is 0 Å². The summed E-state index contributed by atoms with van der Waals surface area (Å²) in [5.41, 5.74) is 0.675. The molecule has 0 fully saturated rings. The van der Waals surface area contributed by atoms with Gasteiger partial charge in [-0.05, 0) is 23.8 Å². The zero-order valence-electron chi connectivity index (χ0n) is 6.71. The highest BCUT2D eigenvalue weighted by atomic mass is 35.5. The first kappa shape index (κ1) is 10.5. The second-order valence-electron chi connectivity index (χ2n) is 2.64. The smallest absolute Gasteiger partial charge is 0.148 e. The van der Waals surface area contributed by atoms with Gasteiger partial charge in [0, 0.05) is 16.5 Å². The largest absolute Gasteiger partial charge is 0.385 e. The summed E-state index contributed by atoms with van der Waals surface area (Å²) < 4.78 is 0. The summed E-state index contributed by atoms with van der Waals surface area (Å²) in [4.78, 5) is 10.2. The Morgan fingerprint density at radius 3 is 2.77 bits per heavy atom. The number of carbonyl (C=O) groups excluding carboxylic acids is 1. The highest BCUT2D eigenvalue weighted by Gasteiger charge is 2.07. The molecule has 0 aliphatic carbocycles. The van der Waals surface area contributed by atoms with E-state index in [-0.39, 0.29) is 6.42 Å². The summed E-state index contributed by atoms with van der Waals surface area (Å²) in [6, 6.07) is 4.92. The maximum absolute atomic E-state index is 10.2. The van der Waals surface area contributed by atoms with Gasteiger partial charge in [-0.15, -0.1) is 0 Å². The number of hydrogen-bond acceptors (Lipinski definition) is 2. The van der Waals surface area contributed by atoms with Gasteiger partial charge in [-0.1, -0.05) is 23.2 Å². The Bertz CT molecular complexity index is 312. The van der Waals surface area contributed by atoms with Crippen molar-refractivity contribution in [2.75, 3.05) is 0 Å². The predicted octanol–water partition coefficient (Wildman–Crippen LogP) is 2.10. The van der Waals surface area contributed by atoms with Crippen molar-refractivity contribution < 1.29 is 9.90 Å². The van der Waals surface area contributed by atoms with E-state index in [0.717, 1.165) is 0 Å². The predicted molar refractivity (Wildman–Crippen MR) is 52.2 cm³/mol. The standard InChI is InChI=1S/C9H8Cl2O2/c10-7-1-2-9(11)6(3-7)4-8(13)5-12/h1-3,5,8,13H,4H2. The van der Waals surface area contributed by atoms with Gasteiger partial charge < -0.3 is 9.90 Å². The number of aliphatic hydroxyl groups is 1. The number of halogens is 2. The summed E-state index contributed by atoms with van der Waals surface area (Å²) in [5, 5.41) is 10.1. The molecule has 0 aromatic heterocycles. The van der Waals surface area contributed by atoms with Crippen molar-refractivity contribution in [2.24, 2.45) is 0 Å². The van der Waals surface area contributed by atoms with E-state index in [4.69, 9.17) is 28.3 Å². The van der Waals surface area contributed by atoms with Crippen LogP contribution in [0.5, 0.6) is 0 Å². The minimum atomic E-state index is -1.02. The Balaban J connectivity index is 2.86. The monoisotopic (exact) mass is 218 g/mol. The van der Waals surface area contributed by atoms with Gasteiger partial charge in [-0.2, -0.15) is 0 Å². The van der Waals surface area contributed by atoms with Crippen molar-refractivity contribution in [3.63, 3.8) is 0 Å². The molecule has 13 heavy (non-hydrogen) atoms. The van der Waals surface area contributed by atoms with Crippen LogP contribution in [-0.4, -0.2) is 17.5 Å². The quantitative estimate of drug-likeness (QED) is 0.790. The van der Waals surface area contributed by atoms with Gasteiger partial charge >= 0.3 is 0 Å². The lowest BCUT2D eigenvalue weighted by Gasteiger charge is -2.05. The number of benzene rings is 1. The third-order valence-electron chi connectivity index (χ3n) is 1.59. The second-order valence-corrected chi connectivity index (χ2v) is 3.49. The molecule has 0 saturated heterocycles. The highest BCUT2D eigenvalue weighted by molar-refractivity contribution is 6.33. The molecule has 1 aromatic carbocycles. The third-order valence-corrected chi connectivity index (χ3v) is 2.20.